The lowest BCUT2D eigenvalue weighted by Crippen LogP contribution is -2.02. The van der Waals surface area contributed by atoms with Crippen molar-refractivity contribution >= 4 is 17.9 Å². The minimum Gasteiger partial charge on any atom is -0.493 e. The van der Waals surface area contributed by atoms with Gasteiger partial charge in [-0.2, -0.15) is 4.98 Å². The van der Waals surface area contributed by atoms with Crippen LogP contribution in [0.25, 0.3) is 0 Å². The molecular weight excluding hydrogens is 296 g/mol. The van der Waals surface area contributed by atoms with Gasteiger partial charge in [-0.1, -0.05) is 30.6 Å². The van der Waals surface area contributed by atoms with Gasteiger partial charge in [0.2, 0.25) is 11.7 Å². The lowest BCUT2D eigenvalue weighted by atomic mass is 10.2. The molecule has 0 radical (unpaired) electrons. The summed E-state index contributed by atoms with van der Waals surface area (Å²) in [6.45, 7) is 3.96. The van der Waals surface area contributed by atoms with E-state index in [0.29, 0.717) is 40.1 Å². The molecule has 0 aliphatic carbocycles. The van der Waals surface area contributed by atoms with Crippen LogP contribution in [0, 0.1) is 0 Å². The van der Waals surface area contributed by atoms with Crippen LogP contribution in [0.1, 0.15) is 41.8 Å². The van der Waals surface area contributed by atoms with Gasteiger partial charge in [-0.25, -0.2) is 0 Å². The first-order valence-corrected chi connectivity index (χ1v) is 6.71. The number of carbonyl (C=O) groups is 1. The van der Waals surface area contributed by atoms with E-state index in [4.69, 9.17) is 25.6 Å². The molecule has 0 aliphatic rings. The van der Waals surface area contributed by atoms with Crippen molar-refractivity contribution in [2.75, 3.05) is 7.11 Å². The van der Waals surface area contributed by atoms with Gasteiger partial charge in [0, 0.05) is 17.0 Å². The number of benzene rings is 1. The predicted octanol–water partition coefficient (Wildman–Crippen LogP) is 3.25. The summed E-state index contributed by atoms with van der Waals surface area (Å²) < 4.78 is 15.8. The minimum absolute atomic E-state index is 0.0645. The molecule has 0 saturated heterocycles. The van der Waals surface area contributed by atoms with Gasteiger partial charge in [0.05, 0.1) is 12.7 Å². The van der Waals surface area contributed by atoms with Crippen LogP contribution in [-0.4, -0.2) is 23.5 Å². The second-order valence-corrected chi connectivity index (χ2v) is 5.07. The average molecular weight is 311 g/mol. The Hall–Kier alpha value is -2.08. The number of nitrogens with zero attached hydrogens (tertiary/aromatic N) is 2. The summed E-state index contributed by atoms with van der Waals surface area (Å²) in [6.07, 6.45) is 0.652. The maximum absolute atomic E-state index is 11.1. The predicted molar refractivity (Wildman–Crippen MR) is 76.1 cm³/mol. The minimum atomic E-state index is 0.0645. The topological polar surface area (TPSA) is 74.5 Å². The van der Waals surface area contributed by atoms with Crippen molar-refractivity contribution in [1.29, 1.82) is 0 Å². The van der Waals surface area contributed by atoms with E-state index in [9.17, 15) is 4.79 Å². The van der Waals surface area contributed by atoms with Crippen molar-refractivity contribution in [3.63, 3.8) is 0 Å². The number of carbonyl (C=O) groups excluding carboxylic acids is 1. The second kappa shape index (κ2) is 6.58. The van der Waals surface area contributed by atoms with Crippen LogP contribution in [0.15, 0.2) is 16.7 Å². The Kier molecular flexibility index (Phi) is 4.80. The molecule has 0 spiro atoms. The zero-order chi connectivity index (χ0) is 15.4. The van der Waals surface area contributed by atoms with E-state index in [1.165, 1.54) is 13.2 Å². The quantitative estimate of drug-likeness (QED) is 0.762. The molecule has 2 rings (SSSR count). The third-order valence-electron chi connectivity index (χ3n) is 2.72. The van der Waals surface area contributed by atoms with E-state index in [1.807, 2.05) is 13.8 Å². The highest BCUT2D eigenvalue weighted by molar-refractivity contribution is 6.31. The number of ether oxygens (including phenoxy) is 2. The van der Waals surface area contributed by atoms with E-state index < -0.39 is 0 Å². The molecule has 0 aliphatic heterocycles. The third kappa shape index (κ3) is 3.52. The Morgan fingerprint density at radius 3 is 2.76 bits per heavy atom. The molecule has 21 heavy (non-hydrogen) atoms. The molecule has 0 saturated carbocycles. The molecule has 0 atom stereocenters. The molecule has 1 heterocycles. The van der Waals surface area contributed by atoms with Gasteiger partial charge in [-0.3, -0.25) is 4.79 Å². The van der Waals surface area contributed by atoms with Crippen molar-refractivity contribution in [3.05, 3.63) is 34.4 Å². The van der Waals surface area contributed by atoms with Gasteiger partial charge in [0.15, 0.2) is 24.4 Å². The number of aromatic nitrogens is 2. The van der Waals surface area contributed by atoms with Crippen molar-refractivity contribution in [2.24, 2.45) is 0 Å². The fourth-order valence-electron chi connectivity index (χ4n) is 1.68. The van der Waals surface area contributed by atoms with Crippen LogP contribution in [-0.2, 0) is 6.61 Å². The Bertz CT molecular complexity index is 640. The Morgan fingerprint density at radius 2 is 2.19 bits per heavy atom. The molecule has 6 nitrogen and oxygen atoms in total. The van der Waals surface area contributed by atoms with Gasteiger partial charge >= 0.3 is 0 Å². The average Bonchev–Trinajstić information content (AvgIpc) is 2.94. The smallest absolute Gasteiger partial charge is 0.229 e. The van der Waals surface area contributed by atoms with Crippen molar-refractivity contribution < 1.29 is 18.8 Å². The highest BCUT2D eigenvalue weighted by Crippen LogP contribution is 2.34. The van der Waals surface area contributed by atoms with Crippen molar-refractivity contribution in [1.82, 2.24) is 10.1 Å². The Balaban J connectivity index is 2.20. The zero-order valence-corrected chi connectivity index (χ0v) is 12.7. The molecule has 7 heteroatoms. The molecular formula is C14H15ClN2O4. The largest absolute Gasteiger partial charge is 0.493 e. The number of rotatable bonds is 6. The van der Waals surface area contributed by atoms with Crippen molar-refractivity contribution in [3.8, 4) is 11.5 Å². The van der Waals surface area contributed by atoms with E-state index in [0.717, 1.165) is 0 Å². The normalized spacial score (nSPS) is 10.7. The number of halogens is 1. The van der Waals surface area contributed by atoms with E-state index >= 15 is 0 Å². The standard InChI is InChI=1S/C14H15ClN2O4/c1-8(2)14-16-12(17-21-14)7-20-13-9(6-18)4-10(15)5-11(13)19-3/h4-6,8H,7H2,1-3H3. The van der Waals surface area contributed by atoms with Crippen LogP contribution in [0.5, 0.6) is 11.5 Å². The fourth-order valence-corrected chi connectivity index (χ4v) is 1.90. The molecule has 0 fully saturated rings. The van der Waals surface area contributed by atoms with E-state index in [1.54, 1.807) is 6.07 Å². The van der Waals surface area contributed by atoms with E-state index in [-0.39, 0.29) is 12.5 Å². The third-order valence-corrected chi connectivity index (χ3v) is 2.94. The van der Waals surface area contributed by atoms with Crippen LogP contribution in [0.2, 0.25) is 5.02 Å². The number of methoxy groups -OCH3 is 1. The van der Waals surface area contributed by atoms with E-state index in [2.05, 4.69) is 10.1 Å². The van der Waals surface area contributed by atoms with Gasteiger partial charge in [0.25, 0.3) is 0 Å². The molecule has 1 aromatic heterocycles. The summed E-state index contributed by atoms with van der Waals surface area (Å²) in [5, 5.41) is 4.21. The summed E-state index contributed by atoms with van der Waals surface area (Å²) in [6, 6.07) is 3.07. The second-order valence-electron chi connectivity index (χ2n) is 4.64. The maximum Gasteiger partial charge on any atom is 0.229 e. The van der Waals surface area contributed by atoms with Crippen LogP contribution in [0.4, 0.5) is 0 Å². The SMILES string of the molecule is COc1cc(Cl)cc(C=O)c1OCc1noc(C(C)C)n1. The van der Waals surface area contributed by atoms with Gasteiger partial charge in [-0.05, 0) is 6.07 Å². The maximum atomic E-state index is 11.1. The summed E-state index contributed by atoms with van der Waals surface area (Å²) in [4.78, 5) is 15.3. The van der Waals surface area contributed by atoms with Crippen LogP contribution in [0.3, 0.4) is 0 Å². The number of hydrogen-bond acceptors (Lipinski definition) is 6. The highest BCUT2D eigenvalue weighted by Gasteiger charge is 2.15. The molecule has 0 unspecified atom stereocenters. The number of hydrogen-bond donors (Lipinski definition) is 0. The first-order chi connectivity index (χ1) is 10.0. The Morgan fingerprint density at radius 1 is 1.43 bits per heavy atom. The summed E-state index contributed by atoms with van der Waals surface area (Å²) in [5.74, 6) is 1.74. The van der Waals surface area contributed by atoms with Gasteiger partial charge in [0.1, 0.15) is 0 Å². The molecule has 0 bridgehead atoms. The monoisotopic (exact) mass is 310 g/mol. The molecule has 1 aromatic carbocycles. The molecule has 2 aromatic rings. The van der Waals surface area contributed by atoms with Gasteiger partial charge < -0.3 is 14.0 Å². The van der Waals surface area contributed by atoms with Crippen LogP contribution >= 0.6 is 11.6 Å². The van der Waals surface area contributed by atoms with Crippen LogP contribution < -0.4 is 9.47 Å². The lowest BCUT2D eigenvalue weighted by Gasteiger charge is -2.11. The summed E-state index contributed by atoms with van der Waals surface area (Å²) in [7, 11) is 1.47. The Labute approximate surface area is 127 Å². The molecule has 0 amide bonds. The first-order valence-electron chi connectivity index (χ1n) is 6.33. The fraction of sp³-hybridized carbons (Fsp3) is 0.357. The summed E-state index contributed by atoms with van der Waals surface area (Å²) >= 11 is 5.90. The van der Waals surface area contributed by atoms with Crippen molar-refractivity contribution in [2.45, 2.75) is 26.4 Å². The number of aldehydes is 1. The van der Waals surface area contributed by atoms with Gasteiger partial charge in [-0.15, -0.1) is 0 Å². The summed E-state index contributed by atoms with van der Waals surface area (Å²) in [5.41, 5.74) is 0.298. The molecule has 0 N–H and O–H groups in total. The zero-order valence-electron chi connectivity index (χ0n) is 11.9. The highest BCUT2D eigenvalue weighted by atomic mass is 35.5. The lowest BCUT2D eigenvalue weighted by molar-refractivity contribution is 0.111. The molecule has 112 valence electrons. The first kappa shape index (κ1) is 15.3.